The molecule has 1 heterocycles. The standard InChI is InChI=1S/C15H17FN2O3S/c1-2-18(8-7-13(19)20)9-12-14(17-15(21)22-12)10-3-5-11(16)6-4-10/h3-6H,2,7-9H2,1H3,(H,17,21)(H,19,20). The van der Waals surface area contributed by atoms with Crippen molar-refractivity contribution >= 4 is 17.3 Å². The van der Waals surface area contributed by atoms with Gasteiger partial charge in [0.15, 0.2) is 0 Å². The van der Waals surface area contributed by atoms with E-state index in [1.165, 1.54) is 12.1 Å². The van der Waals surface area contributed by atoms with E-state index < -0.39 is 5.97 Å². The molecular weight excluding hydrogens is 307 g/mol. The Labute approximate surface area is 131 Å². The number of aromatic nitrogens is 1. The van der Waals surface area contributed by atoms with Gasteiger partial charge in [0, 0.05) is 18.0 Å². The third kappa shape index (κ3) is 4.25. The molecule has 0 unspecified atom stereocenters. The topological polar surface area (TPSA) is 73.4 Å². The van der Waals surface area contributed by atoms with Crippen molar-refractivity contribution in [3.05, 3.63) is 44.6 Å². The van der Waals surface area contributed by atoms with E-state index in [-0.39, 0.29) is 17.1 Å². The van der Waals surface area contributed by atoms with E-state index >= 15 is 0 Å². The Kier molecular flexibility index (Phi) is 5.46. The van der Waals surface area contributed by atoms with Crippen LogP contribution in [0.15, 0.2) is 29.1 Å². The van der Waals surface area contributed by atoms with E-state index in [4.69, 9.17) is 5.11 Å². The van der Waals surface area contributed by atoms with Crippen LogP contribution in [-0.4, -0.2) is 34.0 Å². The van der Waals surface area contributed by atoms with Gasteiger partial charge in [0.05, 0.1) is 12.1 Å². The molecule has 0 fully saturated rings. The molecule has 2 rings (SSSR count). The maximum Gasteiger partial charge on any atom is 0.305 e. The van der Waals surface area contributed by atoms with E-state index in [1.807, 2.05) is 11.8 Å². The Hall–Kier alpha value is -1.99. The summed E-state index contributed by atoms with van der Waals surface area (Å²) in [7, 11) is 0. The number of hydrogen-bond acceptors (Lipinski definition) is 4. The molecule has 0 atom stereocenters. The Balaban J connectivity index is 2.22. The highest BCUT2D eigenvalue weighted by Crippen LogP contribution is 2.24. The zero-order chi connectivity index (χ0) is 16.1. The average Bonchev–Trinajstić information content (AvgIpc) is 2.84. The third-order valence-electron chi connectivity index (χ3n) is 3.31. The molecule has 0 radical (unpaired) electrons. The van der Waals surface area contributed by atoms with Gasteiger partial charge in [-0.25, -0.2) is 4.39 Å². The number of nitrogens with one attached hydrogen (secondary N) is 1. The lowest BCUT2D eigenvalue weighted by Gasteiger charge is -2.19. The molecule has 1 aromatic carbocycles. The second-order valence-electron chi connectivity index (χ2n) is 4.83. The number of carboxylic acid groups (broad SMARTS) is 1. The molecule has 2 N–H and O–H groups in total. The summed E-state index contributed by atoms with van der Waals surface area (Å²) in [6, 6.07) is 5.92. The van der Waals surface area contributed by atoms with Gasteiger partial charge >= 0.3 is 10.8 Å². The molecule has 22 heavy (non-hydrogen) atoms. The minimum atomic E-state index is -0.848. The Bertz CT molecular complexity index is 694. The molecule has 118 valence electrons. The van der Waals surface area contributed by atoms with Crippen LogP contribution in [-0.2, 0) is 11.3 Å². The van der Waals surface area contributed by atoms with Crippen LogP contribution in [0.2, 0.25) is 0 Å². The fourth-order valence-corrected chi connectivity index (χ4v) is 3.02. The van der Waals surface area contributed by atoms with Crippen LogP contribution in [0.4, 0.5) is 4.39 Å². The highest BCUT2D eigenvalue weighted by Gasteiger charge is 2.14. The molecule has 0 aliphatic rings. The molecule has 2 aromatic rings. The third-order valence-corrected chi connectivity index (χ3v) is 4.18. The number of hydrogen-bond donors (Lipinski definition) is 2. The number of carboxylic acids is 1. The summed E-state index contributed by atoms with van der Waals surface area (Å²) in [5, 5.41) is 8.77. The van der Waals surface area contributed by atoms with E-state index in [2.05, 4.69) is 4.98 Å². The largest absolute Gasteiger partial charge is 0.481 e. The van der Waals surface area contributed by atoms with Gasteiger partial charge in [-0.3, -0.25) is 14.5 Å². The van der Waals surface area contributed by atoms with Crippen molar-refractivity contribution in [3.8, 4) is 11.3 Å². The highest BCUT2D eigenvalue weighted by atomic mass is 32.1. The van der Waals surface area contributed by atoms with E-state index in [0.717, 1.165) is 21.8 Å². The van der Waals surface area contributed by atoms with Crippen LogP contribution < -0.4 is 4.87 Å². The maximum absolute atomic E-state index is 13.0. The van der Waals surface area contributed by atoms with Gasteiger partial charge in [-0.05, 0) is 36.4 Å². The summed E-state index contributed by atoms with van der Waals surface area (Å²) < 4.78 is 13.0. The first-order valence-electron chi connectivity index (χ1n) is 6.91. The predicted molar refractivity (Wildman–Crippen MR) is 83.5 cm³/mol. The molecule has 0 saturated heterocycles. The first-order valence-corrected chi connectivity index (χ1v) is 7.73. The van der Waals surface area contributed by atoms with Crippen LogP contribution in [0.5, 0.6) is 0 Å². The van der Waals surface area contributed by atoms with Crippen molar-refractivity contribution in [3.63, 3.8) is 0 Å². The molecule has 5 nitrogen and oxygen atoms in total. The zero-order valence-electron chi connectivity index (χ0n) is 12.1. The van der Waals surface area contributed by atoms with Gasteiger partial charge in [-0.1, -0.05) is 18.3 Å². The monoisotopic (exact) mass is 324 g/mol. The van der Waals surface area contributed by atoms with Gasteiger partial charge < -0.3 is 10.1 Å². The fraction of sp³-hybridized carbons (Fsp3) is 0.333. The molecular formula is C15H17FN2O3S. The zero-order valence-corrected chi connectivity index (χ0v) is 13.0. The number of nitrogens with zero attached hydrogens (tertiary/aromatic N) is 1. The summed E-state index contributed by atoms with van der Waals surface area (Å²) in [5.41, 5.74) is 1.41. The minimum absolute atomic E-state index is 0.0546. The van der Waals surface area contributed by atoms with Crippen molar-refractivity contribution in [1.82, 2.24) is 9.88 Å². The van der Waals surface area contributed by atoms with Gasteiger partial charge in [0.1, 0.15) is 5.82 Å². The minimum Gasteiger partial charge on any atom is -0.481 e. The number of rotatable bonds is 7. The number of thiazole rings is 1. The maximum atomic E-state index is 13.0. The summed E-state index contributed by atoms with van der Waals surface area (Å²) in [6.07, 6.45) is 0.0546. The Morgan fingerprint density at radius 2 is 2.05 bits per heavy atom. The highest BCUT2D eigenvalue weighted by molar-refractivity contribution is 7.09. The molecule has 0 amide bonds. The first kappa shape index (κ1) is 16.4. The summed E-state index contributed by atoms with van der Waals surface area (Å²) in [4.78, 5) is 27.7. The second kappa shape index (κ2) is 7.33. The SMILES string of the molecule is CCN(CCC(=O)O)Cc1sc(=O)[nH]c1-c1ccc(F)cc1. The molecule has 0 aliphatic carbocycles. The number of H-pyrrole nitrogens is 1. The quantitative estimate of drug-likeness (QED) is 0.821. The average molecular weight is 324 g/mol. The fourth-order valence-electron chi connectivity index (χ4n) is 2.13. The van der Waals surface area contributed by atoms with Gasteiger partial charge in [-0.2, -0.15) is 0 Å². The van der Waals surface area contributed by atoms with Crippen molar-refractivity contribution in [2.24, 2.45) is 0 Å². The Morgan fingerprint density at radius 1 is 1.36 bits per heavy atom. The molecule has 0 spiro atoms. The van der Waals surface area contributed by atoms with Gasteiger partial charge in [-0.15, -0.1) is 0 Å². The van der Waals surface area contributed by atoms with E-state index in [1.54, 1.807) is 12.1 Å². The van der Waals surface area contributed by atoms with E-state index in [9.17, 15) is 14.0 Å². The van der Waals surface area contributed by atoms with Crippen molar-refractivity contribution < 1.29 is 14.3 Å². The Morgan fingerprint density at radius 3 is 2.64 bits per heavy atom. The molecule has 0 saturated carbocycles. The number of aliphatic carboxylic acids is 1. The molecule has 0 aliphatic heterocycles. The molecule has 1 aromatic heterocycles. The van der Waals surface area contributed by atoms with Crippen molar-refractivity contribution in [2.45, 2.75) is 19.9 Å². The van der Waals surface area contributed by atoms with Crippen LogP contribution in [0.1, 0.15) is 18.2 Å². The summed E-state index contributed by atoms with van der Waals surface area (Å²) in [5.74, 6) is -1.18. The number of halogens is 1. The van der Waals surface area contributed by atoms with Crippen molar-refractivity contribution in [2.75, 3.05) is 13.1 Å². The second-order valence-corrected chi connectivity index (χ2v) is 5.90. The first-order chi connectivity index (χ1) is 10.5. The molecule has 7 heteroatoms. The van der Waals surface area contributed by atoms with Crippen LogP contribution >= 0.6 is 11.3 Å². The predicted octanol–water partition coefficient (Wildman–Crippen LogP) is 2.54. The lowest BCUT2D eigenvalue weighted by molar-refractivity contribution is -0.137. The number of benzene rings is 1. The summed E-state index contributed by atoms with van der Waals surface area (Å²) >= 11 is 1.10. The van der Waals surface area contributed by atoms with E-state index in [0.29, 0.717) is 25.3 Å². The van der Waals surface area contributed by atoms with Crippen LogP contribution in [0, 0.1) is 5.82 Å². The van der Waals surface area contributed by atoms with Crippen LogP contribution in [0.3, 0.4) is 0 Å². The normalized spacial score (nSPS) is 11.0. The van der Waals surface area contributed by atoms with Gasteiger partial charge in [0.2, 0.25) is 0 Å². The lowest BCUT2D eigenvalue weighted by Crippen LogP contribution is -2.25. The summed E-state index contributed by atoms with van der Waals surface area (Å²) in [6.45, 7) is 3.53. The smallest absolute Gasteiger partial charge is 0.305 e. The van der Waals surface area contributed by atoms with Crippen LogP contribution in [0.25, 0.3) is 11.3 Å². The lowest BCUT2D eigenvalue weighted by atomic mass is 10.1. The van der Waals surface area contributed by atoms with Gasteiger partial charge in [0.25, 0.3) is 0 Å². The molecule has 0 bridgehead atoms. The number of carbonyl (C=O) groups is 1. The number of aromatic amines is 1. The van der Waals surface area contributed by atoms with Crippen molar-refractivity contribution in [1.29, 1.82) is 0 Å².